The number of aromatic nitrogens is 2. The first-order valence-electron chi connectivity index (χ1n) is 8.19. The third-order valence-electron chi connectivity index (χ3n) is 4.15. The number of hydrogen-bond donors (Lipinski definition) is 0. The number of halogens is 1. The van der Waals surface area contributed by atoms with Crippen LogP contribution in [0.25, 0.3) is 0 Å². The van der Waals surface area contributed by atoms with Gasteiger partial charge in [-0.25, -0.2) is 14.4 Å². The Bertz CT molecular complexity index is 724. The standard InChI is InChI=1S/C18H20FN3O3/c1-24-18-20-9-14(10-21-18)17(23)22-7-3-4-13(11-22)12-25-16-6-2-5-15(19)8-16/h2,5-6,8-10,13H,3-4,7,11-12H2,1H3/t13-/m1/s1. The maximum Gasteiger partial charge on any atom is 0.316 e. The maximum absolute atomic E-state index is 13.2. The molecule has 2 heterocycles. The SMILES string of the molecule is COc1ncc(C(=O)N2CCC[C@@H](COc3cccc(F)c3)C2)cn1. The molecule has 7 heteroatoms. The van der Waals surface area contributed by atoms with Crippen LogP contribution in [0, 0.1) is 11.7 Å². The zero-order valence-electron chi connectivity index (χ0n) is 14.0. The summed E-state index contributed by atoms with van der Waals surface area (Å²) in [4.78, 5) is 22.3. The molecule has 6 nitrogen and oxygen atoms in total. The molecular formula is C18H20FN3O3. The number of benzene rings is 1. The van der Waals surface area contributed by atoms with Gasteiger partial charge in [0, 0.05) is 37.5 Å². The molecule has 3 rings (SSSR count). The number of carbonyl (C=O) groups is 1. The fourth-order valence-corrected chi connectivity index (χ4v) is 2.87. The lowest BCUT2D eigenvalue weighted by Crippen LogP contribution is -2.41. The van der Waals surface area contributed by atoms with E-state index < -0.39 is 0 Å². The second-order valence-electron chi connectivity index (χ2n) is 5.99. The molecule has 0 saturated carbocycles. The van der Waals surface area contributed by atoms with Crippen LogP contribution in [0.15, 0.2) is 36.7 Å². The molecule has 0 aliphatic carbocycles. The van der Waals surface area contributed by atoms with Gasteiger partial charge in [0.2, 0.25) is 0 Å². The summed E-state index contributed by atoms with van der Waals surface area (Å²) >= 11 is 0. The molecule has 1 aromatic heterocycles. The van der Waals surface area contributed by atoms with Crippen molar-refractivity contribution in [2.24, 2.45) is 5.92 Å². The van der Waals surface area contributed by atoms with Gasteiger partial charge in [-0.05, 0) is 25.0 Å². The Hall–Kier alpha value is -2.70. The van der Waals surface area contributed by atoms with Crippen LogP contribution in [0.1, 0.15) is 23.2 Å². The predicted octanol–water partition coefficient (Wildman–Crippen LogP) is 2.56. The molecule has 1 atom stereocenters. The van der Waals surface area contributed by atoms with Gasteiger partial charge in [0.05, 0.1) is 19.3 Å². The van der Waals surface area contributed by atoms with E-state index in [4.69, 9.17) is 9.47 Å². The summed E-state index contributed by atoms with van der Waals surface area (Å²) in [6.45, 7) is 1.74. The third-order valence-corrected chi connectivity index (χ3v) is 4.15. The van der Waals surface area contributed by atoms with Crippen molar-refractivity contribution in [3.05, 3.63) is 48.0 Å². The molecule has 1 aliphatic heterocycles. The molecule has 1 saturated heterocycles. The molecule has 1 aromatic carbocycles. The Kier molecular flexibility index (Phi) is 5.42. The fraction of sp³-hybridized carbons (Fsp3) is 0.389. The van der Waals surface area contributed by atoms with Gasteiger partial charge in [-0.1, -0.05) is 6.07 Å². The number of rotatable bonds is 5. The molecule has 0 bridgehead atoms. The highest BCUT2D eigenvalue weighted by atomic mass is 19.1. The van der Waals surface area contributed by atoms with Crippen molar-refractivity contribution in [3.63, 3.8) is 0 Å². The highest BCUT2D eigenvalue weighted by molar-refractivity contribution is 5.93. The number of nitrogens with zero attached hydrogens (tertiary/aromatic N) is 3. The average molecular weight is 345 g/mol. The van der Waals surface area contributed by atoms with Crippen LogP contribution in [0.4, 0.5) is 4.39 Å². The fourth-order valence-electron chi connectivity index (χ4n) is 2.87. The second kappa shape index (κ2) is 7.92. The Morgan fingerprint density at radius 3 is 2.88 bits per heavy atom. The molecule has 25 heavy (non-hydrogen) atoms. The summed E-state index contributed by atoms with van der Waals surface area (Å²) in [5.41, 5.74) is 0.437. The van der Waals surface area contributed by atoms with Gasteiger partial charge in [0.1, 0.15) is 11.6 Å². The van der Waals surface area contributed by atoms with Crippen molar-refractivity contribution in [2.45, 2.75) is 12.8 Å². The Morgan fingerprint density at radius 2 is 2.16 bits per heavy atom. The molecule has 1 amide bonds. The predicted molar refractivity (Wildman–Crippen MR) is 89.1 cm³/mol. The van der Waals surface area contributed by atoms with Crippen molar-refractivity contribution < 1.29 is 18.7 Å². The lowest BCUT2D eigenvalue weighted by molar-refractivity contribution is 0.0632. The summed E-state index contributed by atoms with van der Waals surface area (Å²) in [6.07, 6.45) is 4.82. The number of ether oxygens (including phenoxy) is 2. The van der Waals surface area contributed by atoms with Crippen molar-refractivity contribution >= 4 is 5.91 Å². The lowest BCUT2D eigenvalue weighted by atomic mass is 9.98. The molecular weight excluding hydrogens is 325 g/mol. The topological polar surface area (TPSA) is 64.5 Å². The van der Waals surface area contributed by atoms with Gasteiger partial charge in [0.25, 0.3) is 5.91 Å². The number of methoxy groups -OCH3 is 1. The monoisotopic (exact) mass is 345 g/mol. The molecule has 0 N–H and O–H groups in total. The van der Waals surface area contributed by atoms with Gasteiger partial charge >= 0.3 is 6.01 Å². The Balaban J connectivity index is 1.57. The summed E-state index contributed by atoms with van der Waals surface area (Å²) in [5, 5.41) is 0. The van der Waals surface area contributed by atoms with Crippen molar-refractivity contribution in [1.29, 1.82) is 0 Å². The number of amides is 1. The van der Waals surface area contributed by atoms with Crippen molar-refractivity contribution in [1.82, 2.24) is 14.9 Å². The van der Waals surface area contributed by atoms with Crippen LogP contribution >= 0.6 is 0 Å². The quantitative estimate of drug-likeness (QED) is 0.833. The van der Waals surface area contributed by atoms with E-state index >= 15 is 0 Å². The van der Waals surface area contributed by atoms with E-state index in [1.54, 1.807) is 17.0 Å². The minimum Gasteiger partial charge on any atom is -0.493 e. The largest absolute Gasteiger partial charge is 0.493 e. The molecule has 1 fully saturated rings. The second-order valence-corrected chi connectivity index (χ2v) is 5.99. The average Bonchev–Trinajstić information content (AvgIpc) is 2.66. The molecule has 0 spiro atoms. The smallest absolute Gasteiger partial charge is 0.316 e. The van der Waals surface area contributed by atoms with Gasteiger partial charge in [0.15, 0.2) is 0 Å². The van der Waals surface area contributed by atoms with Crippen LogP contribution in [0.3, 0.4) is 0 Å². The van der Waals surface area contributed by atoms with Gasteiger partial charge in [-0.2, -0.15) is 0 Å². The first kappa shape index (κ1) is 17.1. The number of likely N-dealkylation sites (tertiary alicyclic amines) is 1. The third kappa shape index (κ3) is 4.43. The van der Waals surface area contributed by atoms with E-state index in [0.29, 0.717) is 31.0 Å². The Labute approximate surface area is 145 Å². The van der Waals surface area contributed by atoms with E-state index in [1.807, 2.05) is 0 Å². The summed E-state index contributed by atoms with van der Waals surface area (Å²) in [5.74, 6) is 0.294. The first-order chi connectivity index (χ1) is 12.2. The van der Waals surface area contributed by atoms with E-state index in [-0.39, 0.29) is 23.7 Å². The number of carbonyl (C=O) groups excluding carboxylic acids is 1. The normalized spacial score (nSPS) is 17.2. The van der Waals surface area contributed by atoms with Crippen LogP contribution in [0.5, 0.6) is 11.8 Å². The first-order valence-corrected chi connectivity index (χ1v) is 8.19. The van der Waals surface area contributed by atoms with Crippen LogP contribution < -0.4 is 9.47 Å². The van der Waals surface area contributed by atoms with Gasteiger partial charge in [-0.15, -0.1) is 0 Å². The van der Waals surface area contributed by atoms with Gasteiger partial charge in [-0.3, -0.25) is 4.79 Å². The van der Waals surface area contributed by atoms with E-state index in [2.05, 4.69) is 9.97 Å². The minimum atomic E-state index is -0.322. The summed E-state index contributed by atoms with van der Waals surface area (Å²) in [7, 11) is 1.48. The van der Waals surface area contributed by atoms with Crippen molar-refractivity contribution in [2.75, 3.05) is 26.8 Å². The highest BCUT2D eigenvalue weighted by Gasteiger charge is 2.25. The zero-order chi connectivity index (χ0) is 17.6. The Morgan fingerprint density at radius 1 is 1.36 bits per heavy atom. The molecule has 0 unspecified atom stereocenters. The summed E-state index contributed by atoms with van der Waals surface area (Å²) in [6, 6.07) is 6.32. The van der Waals surface area contributed by atoms with Crippen LogP contribution in [0.2, 0.25) is 0 Å². The minimum absolute atomic E-state index is 0.0990. The lowest BCUT2D eigenvalue weighted by Gasteiger charge is -2.32. The summed E-state index contributed by atoms with van der Waals surface area (Å²) < 4.78 is 23.8. The van der Waals surface area contributed by atoms with Gasteiger partial charge < -0.3 is 14.4 Å². The zero-order valence-corrected chi connectivity index (χ0v) is 14.0. The highest BCUT2D eigenvalue weighted by Crippen LogP contribution is 2.21. The molecule has 0 radical (unpaired) electrons. The molecule has 1 aliphatic rings. The van der Waals surface area contributed by atoms with Crippen LogP contribution in [-0.4, -0.2) is 47.6 Å². The number of hydrogen-bond acceptors (Lipinski definition) is 5. The van der Waals surface area contributed by atoms with E-state index in [1.165, 1.54) is 31.6 Å². The van der Waals surface area contributed by atoms with Crippen molar-refractivity contribution in [3.8, 4) is 11.8 Å². The number of piperidine rings is 1. The van der Waals surface area contributed by atoms with Crippen LogP contribution in [-0.2, 0) is 0 Å². The maximum atomic E-state index is 13.2. The molecule has 132 valence electrons. The molecule has 2 aromatic rings. The van der Waals surface area contributed by atoms with E-state index in [9.17, 15) is 9.18 Å². The van der Waals surface area contributed by atoms with E-state index in [0.717, 1.165) is 12.8 Å².